The fourth-order valence-electron chi connectivity index (χ4n) is 2.59. The van der Waals surface area contributed by atoms with Gasteiger partial charge in [-0.25, -0.2) is 13.4 Å². The van der Waals surface area contributed by atoms with Gasteiger partial charge in [-0.15, -0.1) is 11.3 Å². The van der Waals surface area contributed by atoms with Gasteiger partial charge < -0.3 is 5.32 Å². The molecule has 1 aliphatic heterocycles. The predicted molar refractivity (Wildman–Crippen MR) is 94.5 cm³/mol. The van der Waals surface area contributed by atoms with Crippen LogP contribution in [0.15, 0.2) is 30.3 Å². The molecule has 0 spiro atoms. The maximum Gasteiger partial charge on any atom is 0.230 e. The summed E-state index contributed by atoms with van der Waals surface area (Å²) in [7, 11) is -3.19. The SMILES string of the molecule is CCS(=O)(=O)N1CCc2nc(NC(=O)Cc3ccccc3)sc2C1. The van der Waals surface area contributed by atoms with Crippen LogP contribution in [0.2, 0.25) is 0 Å². The molecule has 1 aromatic carbocycles. The highest BCUT2D eigenvalue weighted by atomic mass is 32.2. The van der Waals surface area contributed by atoms with Crippen molar-refractivity contribution >= 4 is 32.4 Å². The highest BCUT2D eigenvalue weighted by Gasteiger charge is 2.28. The summed E-state index contributed by atoms with van der Waals surface area (Å²) in [5.41, 5.74) is 1.83. The minimum atomic E-state index is -3.19. The third-order valence-electron chi connectivity index (χ3n) is 3.91. The number of amides is 1. The molecule has 1 N–H and O–H groups in total. The molecule has 24 heavy (non-hydrogen) atoms. The topological polar surface area (TPSA) is 79.4 Å². The number of rotatable bonds is 5. The minimum absolute atomic E-state index is 0.0990. The van der Waals surface area contributed by atoms with E-state index in [-0.39, 0.29) is 11.7 Å². The highest BCUT2D eigenvalue weighted by Crippen LogP contribution is 2.29. The number of carbonyl (C=O) groups excluding carboxylic acids is 1. The number of aromatic nitrogens is 1. The van der Waals surface area contributed by atoms with Crippen LogP contribution in [-0.4, -0.2) is 35.9 Å². The Bertz CT molecular complexity index is 832. The van der Waals surface area contributed by atoms with Crippen molar-refractivity contribution in [2.24, 2.45) is 0 Å². The summed E-state index contributed by atoms with van der Waals surface area (Å²) in [5, 5.41) is 3.35. The number of anilines is 1. The van der Waals surface area contributed by atoms with Crippen molar-refractivity contribution in [3.8, 4) is 0 Å². The molecule has 0 atom stereocenters. The molecule has 0 saturated carbocycles. The van der Waals surface area contributed by atoms with E-state index in [1.165, 1.54) is 15.6 Å². The molecular formula is C16H19N3O3S2. The lowest BCUT2D eigenvalue weighted by molar-refractivity contribution is -0.115. The van der Waals surface area contributed by atoms with Gasteiger partial charge in [-0.2, -0.15) is 4.31 Å². The molecule has 128 valence electrons. The number of fused-ring (bicyclic) bond motifs is 1. The molecule has 0 fully saturated rings. The van der Waals surface area contributed by atoms with Crippen LogP contribution < -0.4 is 5.32 Å². The molecule has 2 aromatic rings. The lowest BCUT2D eigenvalue weighted by Gasteiger charge is -2.24. The zero-order chi connectivity index (χ0) is 17.2. The van der Waals surface area contributed by atoms with Gasteiger partial charge in [-0.1, -0.05) is 30.3 Å². The van der Waals surface area contributed by atoms with Crippen molar-refractivity contribution in [3.63, 3.8) is 0 Å². The summed E-state index contributed by atoms with van der Waals surface area (Å²) in [5.74, 6) is -0.0210. The molecular weight excluding hydrogens is 346 g/mol. The van der Waals surface area contributed by atoms with E-state index in [1.54, 1.807) is 6.92 Å². The zero-order valence-corrected chi connectivity index (χ0v) is 15.0. The summed E-state index contributed by atoms with van der Waals surface area (Å²) in [6, 6.07) is 9.51. The van der Waals surface area contributed by atoms with Gasteiger partial charge >= 0.3 is 0 Å². The number of sulfonamides is 1. The van der Waals surface area contributed by atoms with Crippen LogP contribution in [0.4, 0.5) is 5.13 Å². The molecule has 1 aliphatic rings. The number of nitrogens with zero attached hydrogens (tertiary/aromatic N) is 2. The summed E-state index contributed by atoms with van der Waals surface area (Å²) >= 11 is 1.36. The number of nitrogens with one attached hydrogen (secondary N) is 1. The molecule has 0 radical (unpaired) electrons. The van der Waals surface area contributed by atoms with Crippen LogP contribution in [0.25, 0.3) is 0 Å². The summed E-state index contributed by atoms with van der Waals surface area (Å²) in [6.45, 7) is 2.44. The molecule has 0 saturated heterocycles. The smallest absolute Gasteiger partial charge is 0.230 e. The minimum Gasteiger partial charge on any atom is -0.302 e. The van der Waals surface area contributed by atoms with Crippen LogP contribution in [0.3, 0.4) is 0 Å². The van der Waals surface area contributed by atoms with E-state index >= 15 is 0 Å². The quantitative estimate of drug-likeness (QED) is 0.879. The van der Waals surface area contributed by atoms with Gasteiger partial charge in [0.15, 0.2) is 5.13 Å². The fraction of sp³-hybridized carbons (Fsp3) is 0.375. The second kappa shape index (κ2) is 7.00. The van der Waals surface area contributed by atoms with Crippen LogP contribution in [0.1, 0.15) is 23.1 Å². The lowest BCUT2D eigenvalue weighted by Crippen LogP contribution is -2.36. The van der Waals surface area contributed by atoms with Gasteiger partial charge in [0.1, 0.15) is 0 Å². The Morgan fingerprint density at radius 2 is 2.08 bits per heavy atom. The van der Waals surface area contributed by atoms with E-state index in [0.717, 1.165) is 16.1 Å². The van der Waals surface area contributed by atoms with Crippen molar-refractivity contribution < 1.29 is 13.2 Å². The van der Waals surface area contributed by atoms with Crippen molar-refractivity contribution in [3.05, 3.63) is 46.5 Å². The molecule has 2 heterocycles. The fourth-order valence-corrected chi connectivity index (χ4v) is 4.77. The summed E-state index contributed by atoms with van der Waals surface area (Å²) in [4.78, 5) is 17.5. The molecule has 0 unspecified atom stereocenters. The number of thiazole rings is 1. The number of benzene rings is 1. The Balaban J connectivity index is 1.67. The maximum absolute atomic E-state index is 12.1. The summed E-state index contributed by atoms with van der Waals surface area (Å²) in [6.07, 6.45) is 0.876. The van der Waals surface area contributed by atoms with Crippen LogP contribution >= 0.6 is 11.3 Å². The van der Waals surface area contributed by atoms with Gasteiger partial charge in [0.05, 0.1) is 17.9 Å². The zero-order valence-electron chi connectivity index (χ0n) is 13.4. The van der Waals surface area contributed by atoms with Crippen molar-refractivity contribution in [2.45, 2.75) is 26.3 Å². The van der Waals surface area contributed by atoms with E-state index < -0.39 is 10.0 Å². The van der Waals surface area contributed by atoms with E-state index in [2.05, 4.69) is 10.3 Å². The number of carbonyl (C=O) groups is 1. The molecule has 1 aromatic heterocycles. The molecule has 1 amide bonds. The van der Waals surface area contributed by atoms with Gasteiger partial charge in [0.2, 0.25) is 15.9 Å². The van der Waals surface area contributed by atoms with Crippen LogP contribution in [-0.2, 0) is 34.2 Å². The Kier molecular flexibility index (Phi) is 4.98. The highest BCUT2D eigenvalue weighted by molar-refractivity contribution is 7.89. The molecule has 6 nitrogen and oxygen atoms in total. The van der Waals surface area contributed by atoms with Gasteiger partial charge in [0.25, 0.3) is 0 Å². The molecule has 3 rings (SSSR count). The average molecular weight is 365 g/mol. The van der Waals surface area contributed by atoms with E-state index in [0.29, 0.717) is 31.1 Å². The Morgan fingerprint density at radius 3 is 2.79 bits per heavy atom. The van der Waals surface area contributed by atoms with E-state index in [1.807, 2.05) is 30.3 Å². The number of hydrogen-bond donors (Lipinski definition) is 1. The Hall–Kier alpha value is -1.77. The monoisotopic (exact) mass is 365 g/mol. The van der Waals surface area contributed by atoms with Gasteiger partial charge in [-0.3, -0.25) is 4.79 Å². The standard InChI is InChI=1S/C16H19N3O3S2/c1-2-24(21,22)19-9-8-13-14(11-19)23-16(17-13)18-15(20)10-12-6-4-3-5-7-12/h3-7H,2,8-11H2,1H3,(H,17,18,20). The Labute approximate surface area is 145 Å². The lowest BCUT2D eigenvalue weighted by atomic mass is 10.1. The third kappa shape index (κ3) is 3.82. The largest absolute Gasteiger partial charge is 0.302 e. The van der Waals surface area contributed by atoms with Crippen molar-refractivity contribution in [1.29, 1.82) is 0 Å². The molecule has 8 heteroatoms. The maximum atomic E-state index is 12.1. The molecule has 0 bridgehead atoms. The normalized spacial score (nSPS) is 15.0. The van der Waals surface area contributed by atoms with Gasteiger partial charge in [0, 0.05) is 24.4 Å². The third-order valence-corrected chi connectivity index (χ3v) is 6.73. The van der Waals surface area contributed by atoms with E-state index in [4.69, 9.17) is 0 Å². The van der Waals surface area contributed by atoms with Gasteiger partial charge in [-0.05, 0) is 12.5 Å². The first-order chi connectivity index (χ1) is 11.5. The molecule has 0 aliphatic carbocycles. The Morgan fingerprint density at radius 1 is 1.33 bits per heavy atom. The van der Waals surface area contributed by atoms with E-state index in [9.17, 15) is 13.2 Å². The first-order valence-corrected chi connectivity index (χ1v) is 10.2. The second-order valence-electron chi connectivity index (χ2n) is 5.58. The second-order valence-corrected chi connectivity index (χ2v) is 8.92. The van der Waals surface area contributed by atoms with Crippen molar-refractivity contribution in [1.82, 2.24) is 9.29 Å². The van der Waals surface area contributed by atoms with Crippen LogP contribution in [0, 0.1) is 0 Å². The average Bonchev–Trinajstić information content (AvgIpc) is 2.96. The summed E-state index contributed by atoms with van der Waals surface area (Å²) < 4.78 is 25.5. The van der Waals surface area contributed by atoms with Crippen molar-refractivity contribution in [2.75, 3.05) is 17.6 Å². The van der Waals surface area contributed by atoms with Crippen LogP contribution in [0.5, 0.6) is 0 Å². The predicted octanol–water partition coefficient (Wildman–Crippen LogP) is 2.03. The first kappa shape index (κ1) is 17.1. The first-order valence-electron chi connectivity index (χ1n) is 7.78. The number of hydrogen-bond acceptors (Lipinski definition) is 5.